The molecule has 1 rings (SSSR count). The van der Waals surface area contributed by atoms with E-state index in [1.165, 1.54) is 12.1 Å². The van der Waals surface area contributed by atoms with Crippen LogP contribution in [-0.2, 0) is 13.6 Å². The van der Waals surface area contributed by atoms with Gasteiger partial charge < -0.3 is 4.89 Å². The zero-order valence-corrected chi connectivity index (χ0v) is 14.5. The number of rotatable bonds is 5. The zero-order valence-electron chi connectivity index (χ0n) is 9.87. The van der Waals surface area contributed by atoms with E-state index in [4.69, 9.17) is 62.5 Å². The van der Waals surface area contributed by atoms with Crippen molar-refractivity contribution < 1.29 is 18.5 Å². The van der Waals surface area contributed by atoms with Gasteiger partial charge in [0.05, 0.1) is 16.7 Å². The van der Waals surface area contributed by atoms with E-state index in [2.05, 4.69) is 4.52 Å². The van der Waals surface area contributed by atoms with E-state index in [0.29, 0.717) is 5.56 Å². The summed E-state index contributed by atoms with van der Waals surface area (Å²) in [5.74, 6) is 0. The largest absolute Gasteiger partial charge is 0.472 e. The van der Waals surface area contributed by atoms with Crippen LogP contribution in [0.4, 0.5) is 0 Å². The highest BCUT2D eigenvalue weighted by Gasteiger charge is 2.22. The molecule has 0 aromatic heterocycles. The van der Waals surface area contributed by atoms with Crippen LogP contribution < -0.4 is 0 Å². The molecule has 1 unspecified atom stereocenters. The van der Waals surface area contributed by atoms with E-state index in [0.717, 1.165) is 7.11 Å². The van der Waals surface area contributed by atoms with Crippen molar-refractivity contribution in [2.75, 3.05) is 13.7 Å². The number of phosphoric acid groups is 1. The fraction of sp³-hybridized carbons (Fsp3) is 0.200. The molecule has 10 heteroatoms. The van der Waals surface area contributed by atoms with E-state index in [1.54, 1.807) is 0 Å². The lowest BCUT2D eigenvalue weighted by atomic mass is 10.1. The standard InChI is InChI=1S/C10H8Cl5O4P/c1-18-20(16,17)19-4-6(10(14)15)5-2-8(12)9(13)3-7(5)11/h2-3H,4H2,1H3,(H,16,17). The van der Waals surface area contributed by atoms with Crippen molar-refractivity contribution in [1.29, 1.82) is 0 Å². The molecule has 0 aliphatic rings. The van der Waals surface area contributed by atoms with Crippen molar-refractivity contribution in [2.45, 2.75) is 0 Å². The molecule has 0 saturated heterocycles. The predicted molar refractivity (Wildman–Crippen MR) is 82.9 cm³/mol. The first-order valence-corrected chi connectivity index (χ1v) is 8.28. The van der Waals surface area contributed by atoms with Crippen molar-refractivity contribution >= 4 is 71.4 Å². The molecule has 20 heavy (non-hydrogen) atoms. The average Bonchev–Trinajstić information content (AvgIpc) is 2.35. The molecular weight excluding hydrogens is 392 g/mol. The molecule has 1 aromatic rings. The molecular formula is C10H8Cl5O4P. The molecule has 0 amide bonds. The third-order valence-electron chi connectivity index (χ3n) is 2.17. The molecule has 0 aliphatic carbocycles. The summed E-state index contributed by atoms with van der Waals surface area (Å²) in [7, 11) is -3.15. The fourth-order valence-corrected chi connectivity index (χ4v) is 2.56. The predicted octanol–water partition coefficient (Wildman–Crippen LogP) is 5.56. The Morgan fingerprint density at radius 2 is 1.75 bits per heavy atom. The van der Waals surface area contributed by atoms with Gasteiger partial charge in [-0.05, 0) is 12.1 Å². The summed E-state index contributed by atoms with van der Waals surface area (Å²) >= 11 is 29.2. The second kappa shape index (κ2) is 7.68. The summed E-state index contributed by atoms with van der Waals surface area (Å²) in [6.45, 7) is -0.401. The summed E-state index contributed by atoms with van der Waals surface area (Å²) in [4.78, 5) is 9.19. The van der Waals surface area contributed by atoms with Gasteiger partial charge in [0.15, 0.2) is 0 Å². The minimum atomic E-state index is -4.18. The van der Waals surface area contributed by atoms with Crippen LogP contribution in [0.25, 0.3) is 5.57 Å². The SMILES string of the molecule is COP(=O)(O)OCC(=C(Cl)Cl)c1cc(Cl)c(Cl)cc1Cl. The van der Waals surface area contributed by atoms with Crippen molar-refractivity contribution in [3.05, 3.63) is 37.3 Å². The van der Waals surface area contributed by atoms with E-state index in [9.17, 15) is 9.46 Å². The Morgan fingerprint density at radius 1 is 1.20 bits per heavy atom. The Kier molecular flexibility index (Phi) is 7.13. The molecule has 0 radical (unpaired) electrons. The van der Waals surface area contributed by atoms with Gasteiger partial charge in [-0.2, -0.15) is 0 Å². The van der Waals surface area contributed by atoms with Crippen LogP contribution in [0.3, 0.4) is 0 Å². The van der Waals surface area contributed by atoms with Crippen molar-refractivity contribution in [2.24, 2.45) is 0 Å². The molecule has 1 N–H and O–H groups in total. The summed E-state index contributed by atoms with van der Waals surface area (Å²) < 4.78 is 20.1. The molecule has 112 valence electrons. The van der Waals surface area contributed by atoms with Crippen LogP contribution in [-0.4, -0.2) is 18.6 Å². The third-order valence-corrected chi connectivity index (χ3v) is 4.57. The van der Waals surface area contributed by atoms with Crippen LogP contribution in [0.5, 0.6) is 0 Å². The Hall–Kier alpha value is 0.520. The summed E-state index contributed by atoms with van der Waals surface area (Å²) in [6, 6.07) is 2.82. The van der Waals surface area contributed by atoms with Gasteiger partial charge in [0.2, 0.25) is 0 Å². The molecule has 0 heterocycles. The maximum Gasteiger partial charge on any atom is 0.472 e. The van der Waals surface area contributed by atoms with Crippen molar-refractivity contribution in [3.8, 4) is 0 Å². The number of halogens is 5. The van der Waals surface area contributed by atoms with E-state index >= 15 is 0 Å². The van der Waals surface area contributed by atoms with Gasteiger partial charge in [0.25, 0.3) is 0 Å². The normalized spacial score (nSPS) is 13.9. The van der Waals surface area contributed by atoms with Gasteiger partial charge in [0.1, 0.15) is 4.49 Å². The smallest absolute Gasteiger partial charge is 0.302 e. The highest BCUT2D eigenvalue weighted by atomic mass is 35.5. The van der Waals surface area contributed by atoms with Gasteiger partial charge in [-0.15, -0.1) is 0 Å². The number of hydrogen-bond acceptors (Lipinski definition) is 3. The van der Waals surface area contributed by atoms with Crippen LogP contribution in [0.15, 0.2) is 16.6 Å². The highest BCUT2D eigenvalue weighted by molar-refractivity contribution is 7.47. The minimum Gasteiger partial charge on any atom is -0.302 e. The molecule has 0 aliphatic heterocycles. The Bertz CT molecular complexity index is 585. The summed E-state index contributed by atoms with van der Waals surface area (Å²) in [5.41, 5.74) is 0.500. The second-order valence-electron chi connectivity index (χ2n) is 3.41. The lowest BCUT2D eigenvalue weighted by Crippen LogP contribution is -1.99. The summed E-state index contributed by atoms with van der Waals surface area (Å²) in [6.07, 6.45) is 0. The average molecular weight is 400 g/mol. The first kappa shape index (κ1) is 18.6. The van der Waals surface area contributed by atoms with Crippen LogP contribution in [0, 0.1) is 0 Å². The molecule has 4 nitrogen and oxygen atoms in total. The lowest BCUT2D eigenvalue weighted by molar-refractivity contribution is 0.190. The molecule has 0 fully saturated rings. The second-order valence-corrected chi connectivity index (χ2v) is 7.14. The quantitative estimate of drug-likeness (QED) is 0.520. The number of benzene rings is 1. The lowest BCUT2D eigenvalue weighted by Gasteiger charge is -2.14. The van der Waals surface area contributed by atoms with Gasteiger partial charge in [0, 0.05) is 23.3 Å². The zero-order chi connectivity index (χ0) is 15.5. The van der Waals surface area contributed by atoms with Gasteiger partial charge in [-0.1, -0.05) is 58.0 Å². The van der Waals surface area contributed by atoms with Gasteiger partial charge >= 0.3 is 7.82 Å². The first-order chi connectivity index (χ1) is 9.18. The molecule has 0 spiro atoms. The Morgan fingerprint density at radius 3 is 2.25 bits per heavy atom. The van der Waals surface area contributed by atoms with E-state index in [1.807, 2.05) is 0 Å². The minimum absolute atomic E-state index is 0.170. The van der Waals surface area contributed by atoms with Crippen LogP contribution >= 0.6 is 65.8 Å². The molecule has 0 saturated carbocycles. The number of hydrogen-bond donors (Lipinski definition) is 1. The summed E-state index contributed by atoms with van der Waals surface area (Å²) in [5, 5.41) is 0.676. The van der Waals surface area contributed by atoms with Crippen molar-refractivity contribution in [1.82, 2.24) is 0 Å². The Balaban J connectivity index is 3.15. The van der Waals surface area contributed by atoms with Gasteiger partial charge in [-0.3, -0.25) is 9.05 Å². The maximum absolute atomic E-state index is 11.3. The van der Waals surface area contributed by atoms with Crippen LogP contribution in [0.1, 0.15) is 5.56 Å². The third kappa shape index (κ3) is 5.06. The van der Waals surface area contributed by atoms with E-state index < -0.39 is 14.4 Å². The number of phosphoric ester groups is 1. The maximum atomic E-state index is 11.3. The van der Waals surface area contributed by atoms with E-state index in [-0.39, 0.29) is 25.1 Å². The topological polar surface area (TPSA) is 55.8 Å². The monoisotopic (exact) mass is 398 g/mol. The van der Waals surface area contributed by atoms with Gasteiger partial charge in [-0.25, -0.2) is 4.57 Å². The Labute approximate surface area is 140 Å². The molecule has 1 atom stereocenters. The first-order valence-electron chi connectivity index (χ1n) is 4.90. The molecule has 1 aromatic carbocycles. The van der Waals surface area contributed by atoms with Crippen molar-refractivity contribution in [3.63, 3.8) is 0 Å². The highest BCUT2D eigenvalue weighted by Crippen LogP contribution is 2.44. The fourth-order valence-electron chi connectivity index (χ4n) is 1.19. The molecule has 0 bridgehead atoms. The van der Waals surface area contributed by atoms with Crippen LogP contribution in [0.2, 0.25) is 15.1 Å².